The zero-order valence-electron chi connectivity index (χ0n) is 16.0. The Kier molecular flexibility index (Phi) is 4.88. The summed E-state index contributed by atoms with van der Waals surface area (Å²) in [5.41, 5.74) is 1.03. The Hall–Kier alpha value is -0.950. The number of carbonyl (C=O) groups excluding carboxylic acids is 1. The Morgan fingerprint density at radius 2 is 2.04 bits per heavy atom. The second kappa shape index (κ2) is 6.89. The molecule has 146 valence electrons. The molecule has 6 nitrogen and oxygen atoms in total. The molecule has 2 heterocycles. The molecule has 4 aliphatic rings. The van der Waals surface area contributed by atoms with Crippen molar-refractivity contribution in [1.82, 2.24) is 4.90 Å². The summed E-state index contributed by atoms with van der Waals surface area (Å²) >= 11 is 0. The molecule has 2 aliphatic heterocycles. The summed E-state index contributed by atoms with van der Waals surface area (Å²) in [7, 11) is 1.97. The largest absolute Gasteiger partial charge is 0.461 e. The standard InChI is InChI=1S/C20H31NO5/c1-12-5-4-6-13-9-15-17(18(22)20(12,13)2)14(19(23)26-15)10-21(3)11-16-24-7-8-25-16/h6,12,14-18,22H,4-5,7-11H2,1-3H3. The summed E-state index contributed by atoms with van der Waals surface area (Å²) in [6.07, 6.45) is 4.20. The predicted octanol–water partition coefficient (Wildman–Crippen LogP) is 1.58. The molecule has 0 spiro atoms. The third kappa shape index (κ3) is 2.91. The van der Waals surface area contributed by atoms with E-state index in [0.29, 0.717) is 32.2 Å². The van der Waals surface area contributed by atoms with Gasteiger partial charge in [-0.15, -0.1) is 0 Å². The van der Waals surface area contributed by atoms with Crippen molar-refractivity contribution >= 4 is 5.97 Å². The Morgan fingerprint density at radius 3 is 2.77 bits per heavy atom. The average molecular weight is 365 g/mol. The average Bonchev–Trinajstić information content (AvgIpc) is 3.19. The summed E-state index contributed by atoms with van der Waals surface area (Å²) in [6.45, 7) is 6.83. The highest BCUT2D eigenvalue weighted by atomic mass is 16.7. The maximum absolute atomic E-state index is 12.6. The predicted molar refractivity (Wildman–Crippen MR) is 95.3 cm³/mol. The minimum absolute atomic E-state index is 0.141. The topological polar surface area (TPSA) is 68.2 Å². The van der Waals surface area contributed by atoms with Crippen LogP contribution in [0.15, 0.2) is 11.6 Å². The van der Waals surface area contributed by atoms with Crippen LogP contribution in [-0.4, -0.2) is 67.8 Å². The number of aliphatic hydroxyl groups excluding tert-OH is 1. The highest BCUT2D eigenvalue weighted by Crippen LogP contribution is 2.56. The van der Waals surface area contributed by atoms with E-state index in [0.717, 1.165) is 19.3 Å². The lowest BCUT2D eigenvalue weighted by molar-refractivity contribution is -0.145. The van der Waals surface area contributed by atoms with Crippen molar-refractivity contribution < 1.29 is 24.1 Å². The maximum atomic E-state index is 12.6. The van der Waals surface area contributed by atoms with Crippen molar-refractivity contribution in [2.45, 2.75) is 51.6 Å². The first-order valence-electron chi connectivity index (χ1n) is 9.91. The van der Waals surface area contributed by atoms with Crippen molar-refractivity contribution in [3.63, 3.8) is 0 Å². The number of likely N-dealkylation sites (N-methyl/N-ethyl adjacent to an activating group) is 1. The molecule has 6 unspecified atom stereocenters. The van der Waals surface area contributed by atoms with Gasteiger partial charge in [0.05, 0.1) is 25.2 Å². The normalized spacial score (nSPS) is 43.2. The number of ether oxygens (including phenoxy) is 3. The first kappa shape index (κ1) is 18.4. The molecule has 1 saturated carbocycles. The molecular weight excluding hydrogens is 334 g/mol. The van der Waals surface area contributed by atoms with Crippen LogP contribution in [-0.2, 0) is 19.0 Å². The first-order valence-corrected chi connectivity index (χ1v) is 9.91. The van der Waals surface area contributed by atoms with Crippen LogP contribution in [0.1, 0.15) is 33.1 Å². The van der Waals surface area contributed by atoms with Gasteiger partial charge < -0.3 is 24.2 Å². The monoisotopic (exact) mass is 365 g/mol. The van der Waals surface area contributed by atoms with Gasteiger partial charge in [-0.1, -0.05) is 25.5 Å². The molecule has 0 amide bonds. The lowest BCUT2D eigenvalue weighted by Crippen LogP contribution is -2.54. The third-order valence-corrected chi connectivity index (χ3v) is 7.23. The molecule has 2 aliphatic carbocycles. The van der Waals surface area contributed by atoms with Gasteiger partial charge >= 0.3 is 5.97 Å². The van der Waals surface area contributed by atoms with E-state index >= 15 is 0 Å². The van der Waals surface area contributed by atoms with Crippen LogP contribution in [0.4, 0.5) is 0 Å². The zero-order chi connectivity index (χ0) is 18.5. The second-order valence-corrected chi connectivity index (χ2v) is 8.69. The van der Waals surface area contributed by atoms with Crippen molar-refractivity contribution in [2.24, 2.45) is 23.2 Å². The van der Waals surface area contributed by atoms with E-state index in [1.54, 1.807) is 0 Å². The summed E-state index contributed by atoms with van der Waals surface area (Å²) in [5, 5.41) is 11.3. The molecule has 1 N–H and O–H groups in total. The molecule has 0 aromatic carbocycles. The fourth-order valence-electron chi connectivity index (χ4n) is 5.45. The van der Waals surface area contributed by atoms with Gasteiger partial charge in [0.2, 0.25) is 0 Å². The molecule has 0 aromatic rings. The third-order valence-electron chi connectivity index (χ3n) is 7.23. The van der Waals surface area contributed by atoms with Gasteiger partial charge in [-0.05, 0) is 25.8 Å². The number of aliphatic hydroxyl groups is 1. The zero-order valence-corrected chi connectivity index (χ0v) is 16.0. The molecule has 3 fully saturated rings. The highest BCUT2D eigenvalue weighted by molar-refractivity contribution is 5.76. The Labute approximate surface area is 155 Å². The quantitative estimate of drug-likeness (QED) is 0.603. The maximum Gasteiger partial charge on any atom is 0.311 e. The molecule has 2 saturated heterocycles. The van der Waals surface area contributed by atoms with Crippen LogP contribution in [0.5, 0.6) is 0 Å². The van der Waals surface area contributed by atoms with E-state index in [9.17, 15) is 9.90 Å². The Balaban J connectivity index is 1.51. The van der Waals surface area contributed by atoms with Crippen LogP contribution in [0, 0.1) is 23.2 Å². The number of allylic oxidation sites excluding steroid dienone is 1. The summed E-state index contributed by atoms with van der Waals surface area (Å²) in [5.74, 6) is -0.200. The van der Waals surface area contributed by atoms with Gasteiger partial charge in [-0.2, -0.15) is 0 Å². The number of rotatable bonds is 4. The smallest absolute Gasteiger partial charge is 0.311 e. The number of nitrogens with zero attached hydrogens (tertiary/aromatic N) is 1. The van der Waals surface area contributed by atoms with Crippen LogP contribution in [0.3, 0.4) is 0 Å². The van der Waals surface area contributed by atoms with Crippen molar-refractivity contribution in [3.05, 3.63) is 11.6 Å². The van der Waals surface area contributed by atoms with Crippen LogP contribution in [0.2, 0.25) is 0 Å². The fraction of sp³-hybridized carbons (Fsp3) is 0.850. The fourth-order valence-corrected chi connectivity index (χ4v) is 5.45. The summed E-state index contributed by atoms with van der Waals surface area (Å²) in [6, 6.07) is 0. The van der Waals surface area contributed by atoms with E-state index < -0.39 is 6.10 Å². The van der Waals surface area contributed by atoms with Gasteiger partial charge in [0.25, 0.3) is 0 Å². The summed E-state index contributed by atoms with van der Waals surface area (Å²) in [4.78, 5) is 14.7. The highest BCUT2D eigenvalue weighted by Gasteiger charge is 2.59. The second-order valence-electron chi connectivity index (χ2n) is 8.69. The number of fused-ring (bicyclic) bond motifs is 2. The molecule has 26 heavy (non-hydrogen) atoms. The van der Waals surface area contributed by atoms with Crippen LogP contribution >= 0.6 is 0 Å². The molecule has 0 radical (unpaired) electrons. The van der Waals surface area contributed by atoms with Crippen molar-refractivity contribution in [1.29, 1.82) is 0 Å². The minimum atomic E-state index is -0.549. The van der Waals surface area contributed by atoms with Gasteiger partial charge in [0.1, 0.15) is 6.10 Å². The van der Waals surface area contributed by atoms with Gasteiger partial charge in [-0.3, -0.25) is 4.79 Å². The van der Waals surface area contributed by atoms with E-state index in [-0.39, 0.29) is 35.6 Å². The van der Waals surface area contributed by atoms with E-state index in [2.05, 4.69) is 24.8 Å². The SMILES string of the molecule is CC1CCC=C2CC3OC(=O)C(CN(C)CC4OCCO4)C3C(O)C21C. The van der Waals surface area contributed by atoms with Gasteiger partial charge in [0, 0.05) is 30.8 Å². The van der Waals surface area contributed by atoms with E-state index in [1.807, 2.05) is 7.05 Å². The van der Waals surface area contributed by atoms with E-state index in [4.69, 9.17) is 14.2 Å². The molecule has 0 aromatic heterocycles. The van der Waals surface area contributed by atoms with E-state index in [1.165, 1.54) is 5.57 Å². The number of hydrogen-bond donors (Lipinski definition) is 1. The molecule has 4 rings (SSSR count). The molecule has 0 bridgehead atoms. The Bertz CT molecular complexity index is 587. The molecule has 6 atom stereocenters. The lowest BCUT2D eigenvalue weighted by Gasteiger charge is -2.52. The van der Waals surface area contributed by atoms with Gasteiger partial charge in [-0.25, -0.2) is 0 Å². The van der Waals surface area contributed by atoms with Crippen LogP contribution in [0.25, 0.3) is 0 Å². The lowest BCUT2D eigenvalue weighted by atomic mass is 9.55. The van der Waals surface area contributed by atoms with Crippen molar-refractivity contribution in [3.8, 4) is 0 Å². The number of carbonyl (C=O) groups is 1. The van der Waals surface area contributed by atoms with Gasteiger partial charge in [0.15, 0.2) is 6.29 Å². The molecule has 6 heteroatoms. The molecular formula is C20H31NO5. The Morgan fingerprint density at radius 1 is 1.31 bits per heavy atom. The number of hydrogen-bond acceptors (Lipinski definition) is 6. The first-order chi connectivity index (χ1) is 12.4. The van der Waals surface area contributed by atoms with Crippen LogP contribution < -0.4 is 0 Å². The number of esters is 1. The summed E-state index contributed by atoms with van der Waals surface area (Å²) < 4.78 is 16.7. The van der Waals surface area contributed by atoms with Crippen molar-refractivity contribution in [2.75, 3.05) is 33.4 Å². The minimum Gasteiger partial charge on any atom is -0.461 e.